The van der Waals surface area contributed by atoms with Crippen molar-refractivity contribution in [3.8, 4) is 0 Å². The molecule has 138 valence electrons. The summed E-state index contributed by atoms with van der Waals surface area (Å²) in [7, 11) is 0.258. The third kappa shape index (κ3) is 2.76. The second-order valence-electron chi connectivity index (χ2n) is 11.7. The summed E-state index contributed by atoms with van der Waals surface area (Å²) in [5.74, 6) is 2.23. The highest BCUT2D eigenvalue weighted by Crippen LogP contribution is 2.95. The third-order valence-corrected chi connectivity index (χ3v) is 21.1. The van der Waals surface area contributed by atoms with Crippen LogP contribution in [0.1, 0.15) is 106 Å². The van der Waals surface area contributed by atoms with E-state index in [1.54, 1.807) is 64.2 Å². The molecule has 0 aromatic carbocycles. The van der Waals surface area contributed by atoms with Crippen LogP contribution >= 0.6 is 15.2 Å². The first-order valence-electron chi connectivity index (χ1n) is 10.7. The molecule has 2 heteroatoms. The second kappa shape index (κ2) is 5.68. The molecular weight excluding hydrogens is 326 g/mol. The lowest BCUT2D eigenvalue weighted by molar-refractivity contribution is 0.476. The predicted octanol–water partition coefficient (Wildman–Crippen LogP) is 8.13. The topological polar surface area (TPSA) is 0 Å². The van der Waals surface area contributed by atoms with Gasteiger partial charge in [0.25, 0.3) is 0 Å². The summed E-state index contributed by atoms with van der Waals surface area (Å²) in [5.41, 5.74) is 0. The Morgan fingerprint density at radius 3 is 1.17 bits per heavy atom. The zero-order chi connectivity index (χ0) is 17.4. The van der Waals surface area contributed by atoms with Crippen molar-refractivity contribution in [3.05, 3.63) is 0 Å². The molecule has 0 saturated heterocycles. The van der Waals surface area contributed by atoms with Crippen LogP contribution in [0.15, 0.2) is 0 Å². The first kappa shape index (κ1) is 18.2. The number of fused-ring (bicyclic) bond motifs is 4. The fraction of sp³-hybridized carbons (Fsp3) is 1.00. The number of hydrogen-bond donors (Lipinski definition) is 0. The maximum absolute atomic E-state index is 2.61. The lowest BCUT2D eigenvalue weighted by Gasteiger charge is -2.58. The van der Waals surface area contributed by atoms with E-state index >= 15 is 0 Å². The molecule has 0 radical (unpaired) electrons. The molecule has 0 N–H and O–H groups in total. The van der Waals surface area contributed by atoms with Crippen molar-refractivity contribution in [2.75, 3.05) is 0 Å². The summed E-state index contributed by atoms with van der Waals surface area (Å²) in [6.07, 6.45) is 16.0. The van der Waals surface area contributed by atoms with Crippen LogP contribution in [0.5, 0.6) is 0 Å². The SMILES string of the molecule is CC(C)(C)P(P(C12CCC(CC1)C2)C12CCC(CC1)C2)C(C)(C)C. The lowest BCUT2D eigenvalue weighted by atomic mass is 9.99. The molecule has 4 rings (SSSR count). The van der Waals surface area contributed by atoms with Crippen molar-refractivity contribution < 1.29 is 0 Å². The van der Waals surface area contributed by atoms with E-state index in [1.807, 2.05) is 0 Å². The Hall–Kier alpha value is 0.860. The van der Waals surface area contributed by atoms with Crippen LogP contribution in [-0.4, -0.2) is 20.6 Å². The monoisotopic (exact) mass is 366 g/mol. The minimum absolute atomic E-state index is 0.0811. The summed E-state index contributed by atoms with van der Waals surface area (Å²) in [6.45, 7) is 15.6. The largest absolute Gasteiger partial charge is 0.0689 e. The zero-order valence-corrected chi connectivity index (χ0v) is 18.9. The molecule has 0 spiro atoms. The van der Waals surface area contributed by atoms with Gasteiger partial charge in [0.1, 0.15) is 0 Å². The molecule has 0 atom stereocenters. The maximum Gasteiger partial charge on any atom is -0.00477 e. The van der Waals surface area contributed by atoms with E-state index in [2.05, 4.69) is 41.5 Å². The van der Waals surface area contributed by atoms with Gasteiger partial charge in [-0.2, -0.15) is 0 Å². The molecule has 24 heavy (non-hydrogen) atoms. The Labute approximate surface area is 153 Å². The summed E-state index contributed by atoms with van der Waals surface area (Å²) < 4.78 is 0. The van der Waals surface area contributed by atoms with Gasteiger partial charge in [-0.05, 0) is 96.7 Å². The summed E-state index contributed by atoms with van der Waals surface area (Å²) in [6, 6.07) is 0. The van der Waals surface area contributed by atoms with Gasteiger partial charge in [-0.15, -0.1) is 0 Å². The van der Waals surface area contributed by atoms with Crippen molar-refractivity contribution in [2.24, 2.45) is 11.8 Å². The maximum atomic E-state index is 2.61. The van der Waals surface area contributed by atoms with E-state index in [0.717, 1.165) is 22.1 Å². The van der Waals surface area contributed by atoms with E-state index in [0.29, 0.717) is 10.3 Å². The molecule has 0 aliphatic heterocycles. The predicted molar refractivity (Wildman–Crippen MR) is 112 cm³/mol. The van der Waals surface area contributed by atoms with Crippen LogP contribution in [0, 0.1) is 11.8 Å². The molecule has 4 aliphatic carbocycles. The lowest BCUT2D eigenvalue weighted by Crippen LogP contribution is -2.37. The average molecular weight is 367 g/mol. The molecule has 4 fully saturated rings. The molecule has 0 unspecified atom stereocenters. The minimum atomic E-state index is 0.0811. The van der Waals surface area contributed by atoms with Gasteiger partial charge in [-0.3, -0.25) is 0 Å². The molecule has 0 aromatic rings. The summed E-state index contributed by atoms with van der Waals surface area (Å²) >= 11 is 0. The zero-order valence-electron chi connectivity index (χ0n) is 17.1. The highest BCUT2D eigenvalue weighted by Gasteiger charge is 2.63. The Morgan fingerprint density at radius 2 is 0.958 bits per heavy atom. The fourth-order valence-electron chi connectivity index (χ4n) is 7.45. The Kier molecular flexibility index (Phi) is 4.31. The molecule has 0 aromatic heterocycles. The highest BCUT2D eigenvalue weighted by atomic mass is 32.1. The van der Waals surface area contributed by atoms with Gasteiger partial charge in [0.15, 0.2) is 0 Å². The molecule has 0 amide bonds. The van der Waals surface area contributed by atoms with Crippen LogP contribution in [0.2, 0.25) is 0 Å². The first-order valence-corrected chi connectivity index (χ1v) is 14.1. The van der Waals surface area contributed by atoms with Gasteiger partial charge < -0.3 is 0 Å². The third-order valence-electron chi connectivity index (χ3n) is 7.78. The Morgan fingerprint density at radius 1 is 0.625 bits per heavy atom. The van der Waals surface area contributed by atoms with Gasteiger partial charge in [0.05, 0.1) is 0 Å². The fourth-order valence-corrected chi connectivity index (χ4v) is 22.6. The number of hydrogen-bond acceptors (Lipinski definition) is 0. The summed E-state index contributed by atoms with van der Waals surface area (Å²) in [4.78, 5) is 0. The molecule has 4 saturated carbocycles. The van der Waals surface area contributed by atoms with Crippen LogP contribution in [-0.2, 0) is 0 Å². The quantitative estimate of drug-likeness (QED) is 0.442. The average Bonchev–Trinajstić information content (AvgIpc) is 3.22. The Bertz CT molecular complexity index is 435. The standard InChI is InChI=1S/C22H40P2/c1-19(2,3)23(20(4,5)6)24(21-11-7-17(15-21)8-12-21)22-13-9-18(16-22)10-14-22/h17-18H,7-16H2,1-6H3. The first-order chi connectivity index (χ1) is 11.1. The van der Waals surface area contributed by atoms with Crippen molar-refractivity contribution in [1.82, 2.24) is 0 Å². The molecule has 4 bridgehead atoms. The van der Waals surface area contributed by atoms with Crippen LogP contribution in [0.4, 0.5) is 0 Å². The van der Waals surface area contributed by atoms with Crippen molar-refractivity contribution in [2.45, 2.75) is 126 Å². The molecule has 0 nitrogen and oxygen atoms in total. The summed E-state index contributed by atoms with van der Waals surface area (Å²) in [5, 5.41) is 2.66. The van der Waals surface area contributed by atoms with Crippen LogP contribution < -0.4 is 0 Å². The van der Waals surface area contributed by atoms with Crippen LogP contribution in [0.3, 0.4) is 0 Å². The normalized spacial score (nSPS) is 43.1. The van der Waals surface area contributed by atoms with E-state index in [4.69, 9.17) is 0 Å². The Balaban J connectivity index is 1.81. The van der Waals surface area contributed by atoms with Crippen molar-refractivity contribution >= 4 is 15.2 Å². The van der Waals surface area contributed by atoms with Gasteiger partial charge in [0, 0.05) is 0 Å². The minimum Gasteiger partial charge on any atom is -0.0689 e. The molecule has 0 heterocycles. The highest BCUT2D eigenvalue weighted by molar-refractivity contribution is 8.32. The van der Waals surface area contributed by atoms with Crippen molar-refractivity contribution in [1.29, 1.82) is 0 Å². The smallest absolute Gasteiger partial charge is 0.00477 e. The van der Waals surface area contributed by atoms with Gasteiger partial charge >= 0.3 is 0 Å². The van der Waals surface area contributed by atoms with E-state index in [1.165, 1.54) is 0 Å². The van der Waals surface area contributed by atoms with E-state index < -0.39 is 0 Å². The van der Waals surface area contributed by atoms with Crippen molar-refractivity contribution in [3.63, 3.8) is 0 Å². The van der Waals surface area contributed by atoms with Gasteiger partial charge in [0.2, 0.25) is 0 Å². The molecule has 4 aliphatic rings. The molecular formula is C22H40P2. The van der Waals surface area contributed by atoms with Gasteiger partial charge in [-0.1, -0.05) is 56.8 Å². The number of rotatable bonds is 3. The second-order valence-corrected chi connectivity index (χ2v) is 19.9. The van der Waals surface area contributed by atoms with Crippen LogP contribution in [0.25, 0.3) is 0 Å². The van der Waals surface area contributed by atoms with Gasteiger partial charge in [-0.25, -0.2) is 0 Å². The van der Waals surface area contributed by atoms with E-state index in [9.17, 15) is 0 Å². The van der Waals surface area contributed by atoms with E-state index in [-0.39, 0.29) is 15.2 Å².